The predicted octanol–water partition coefficient (Wildman–Crippen LogP) is 2.51. The first-order chi connectivity index (χ1) is 11.7. The van der Waals surface area contributed by atoms with E-state index < -0.39 is 0 Å². The largest absolute Gasteiger partial charge is 0.492 e. The fraction of sp³-hybridized carbons (Fsp3) is 0.412. The number of hydrogen-bond donors (Lipinski definition) is 1. The molecule has 1 heterocycles. The second-order valence-electron chi connectivity index (χ2n) is 5.26. The number of hydrogen-bond acceptors (Lipinski definition) is 3. The molecule has 0 aliphatic carbocycles. The molecule has 2 rings (SSSR count). The smallest absolute Gasteiger partial charge is 0.193 e. The number of ether oxygens (including phenoxy) is 1. The topological polar surface area (TPSA) is 54.7 Å². The van der Waals surface area contributed by atoms with E-state index >= 15 is 0 Å². The van der Waals surface area contributed by atoms with Crippen LogP contribution in [0.3, 0.4) is 0 Å². The molecule has 0 fully saturated rings. The highest BCUT2D eigenvalue weighted by Gasteiger charge is 2.05. The zero-order valence-electron chi connectivity index (χ0n) is 14.2. The monoisotopic (exact) mass is 349 g/mol. The Morgan fingerprint density at radius 1 is 1.38 bits per heavy atom. The van der Waals surface area contributed by atoms with Gasteiger partial charge in [-0.05, 0) is 31.2 Å². The molecule has 0 radical (unpaired) electrons. The molecule has 0 bridgehead atoms. The van der Waals surface area contributed by atoms with E-state index in [4.69, 9.17) is 16.3 Å². The van der Waals surface area contributed by atoms with Crippen LogP contribution in [0.5, 0.6) is 5.75 Å². The standard InChI is InChI=1S/C17H24ClN5O/c1-3-20-17(21-9-11-23-10-8-19-14-23)22(2)12-13-24-16-6-4-15(18)5-7-16/h4-8,10,14H,3,9,11-13H2,1-2H3,(H,20,21). The van der Waals surface area contributed by atoms with Crippen molar-refractivity contribution in [3.8, 4) is 5.75 Å². The summed E-state index contributed by atoms with van der Waals surface area (Å²) < 4.78 is 7.74. The highest BCUT2D eigenvalue weighted by atomic mass is 35.5. The summed E-state index contributed by atoms with van der Waals surface area (Å²) in [6.45, 7) is 5.70. The van der Waals surface area contributed by atoms with Crippen molar-refractivity contribution in [1.82, 2.24) is 19.8 Å². The Morgan fingerprint density at radius 3 is 2.83 bits per heavy atom. The molecule has 6 nitrogen and oxygen atoms in total. The van der Waals surface area contributed by atoms with Gasteiger partial charge in [-0.15, -0.1) is 0 Å². The van der Waals surface area contributed by atoms with Gasteiger partial charge < -0.3 is 19.5 Å². The van der Waals surface area contributed by atoms with Gasteiger partial charge in [-0.3, -0.25) is 4.99 Å². The van der Waals surface area contributed by atoms with Crippen LogP contribution >= 0.6 is 11.6 Å². The summed E-state index contributed by atoms with van der Waals surface area (Å²) in [5, 5.41) is 4.00. The third-order valence-corrected chi connectivity index (χ3v) is 3.64. The average Bonchev–Trinajstić information content (AvgIpc) is 3.09. The van der Waals surface area contributed by atoms with Gasteiger partial charge in [-0.1, -0.05) is 11.6 Å². The van der Waals surface area contributed by atoms with Crippen LogP contribution in [0, 0.1) is 0 Å². The summed E-state index contributed by atoms with van der Waals surface area (Å²) in [6, 6.07) is 7.38. The molecule has 0 saturated heterocycles. The molecule has 0 aliphatic rings. The van der Waals surface area contributed by atoms with Crippen molar-refractivity contribution in [2.45, 2.75) is 13.5 Å². The van der Waals surface area contributed by atoms with Crippen molar-refractivity contribution in [2.24, 2.45) is 4.99 Å². The van der Waals surface area contributed by atoms with Crippen molar-refractivity contribution in [3.63, 3.8) is 0 Å². The number of imidazole rings is 1. The van der Waals surface area contributed by atoms with Crippen LogP contribution in [0.1, 0.15) is 6.92 Å². The molecule has 0 spiro atoms. The summed E-state index contributed by atoms with van der Waals surface area (Å²) >= 11 is 5.86. The van der Waals surface area contributed by atoms with Gasteiger partial charge in [-0.2, -0.15) is 0 Å². The number of rotatable bonds is 8. The Bertz CT molecular complexity index is 612. The van der Waals surface area contributed by atoms with Crippen LogP contribution in [0.4, 0.5) is 0 Å². The van der Waals surface area contributed by atoms with Crippen LogP contribution in [0.25, 0.3) is 0 Å². The molecule has 0 aliphatic heterocycles. The number of aromatic nitrogens is 2. The van der Waals surface area contributed by atoms with Gasteiger partial charge in [-0.25, -0.2) is 4.98 Å². The van der Waals surface area contributed by atoms with Crippen LogP contribution in [-0.4, -0.2) is 53.7 Å². The van der Waals surface area contributed by atoms with Gasteiger partial charge in [0.25, 0.3) is 0 Å². The third-order valence-electron chi connectivity index (χ3n) is 3.38. The van der Waals surface area contributed by atoms with Gasteiger partial charge in [0.1, 0.15) is 12.4 Å². The van der Waals surface area contributed by atoms with Gasteiger partial charge >= 0.3 is 0 Å². The fourth-order valence-electron chi connectivity index (χ4n) is 2.10. The molecule has 0 saturated carbocycles. The number of aliphatic imine (C=N–C) groups is 1. The van der Waals surface area contributed by atoms with Crippen molar-refractivity contribution >= 4 is 17.6 Å². The highest BCUT2D eigenvalue weighted by Crippen LogP contribution is 2.15. The van der Waals surface area contributed by atoms with E-state index in [9.17, 15) is 0 Å². The minimum absolute atomic E-state index is 0.573. The number of nitrogens with one attached hydrogen (secondary N) is 1. The maximum absolute atomic E-state index is 5.86. The molecule has 1 aromatic heterocycles. The second-order valence-corrected chi connectivity index (χ2v) is 5.70. The van der Waals surface area contributed by atoms with E-state index in [1.165, 1.54) is 0 Å². The van der Waals surface area contributed by atoms with E-state index in [0.717, 1.165) is 31.3 Å². The highest BCUT2D eigenvalue weighted by molar-refractivity contribution is 6.30. The lowest BCUT2D eigenvalue weighted by Gasteiger charge is -2.22. The SMILES string of the molecule is CCNC(=NCCn1ccnc1)N(C)CCOc1ccc(Cl)cc1. The number of guanidine groups is 1. The van der Waals surface area contributed by atoms with Gasteiger partial charge in [0, 0.05) is 37.6 Å². The quantitative estimate of drug-likeness (QED) is 0.587. The minimum Gasteiger partial charge on any atom is -0.492 e. The van der Waals surface area contributed by atoms with Crippen molar-refractivity contribution in [3.05, 3.63) is 48.0 Å². The Morgan fingerprint density at radius 2 is 2.17 bits per heavy atom. The molecule has 0 unspecified atom stereocenters. The molecule has 2 aromatic rings. The molecule has 130 valence electrons. The van der Waals surface area contributed by atoms with E-state index in [1.54, 1.807) is 12.5 Å². The first-order valence-electron chi connectivity index (χ1n) is 8.02. The molecule has 0 amide bonds. The summed E-state index contributed by atoms with van der Waals surface area (Å²) in [4.78, 5) is 10.7. The molecular weight excluding hydrogens is 326 g/mol. The van der Waals surface area contributed by atoms with Crippen molar-refractivity contribution in [1.29, 1.82) is 0 Å². The molecule has 1 N–H and O–H groups in total. The molecule has 1 aromatic carbocycles. The fourth-order valence-corrected chi connectivity index (χ4v) is 2.22. The third kappa shape index (κ3) is 6.12. The average molecular weight is 350 g/mol. The first-order valence-corrected chi connectivity index (χ1v) is 8.40. The van der Waals surface area contributed by atoms with Crippen LogP contribution in [-0.2, 0) is 6.54 Å². The van der Waals surface area contributed by atoms with Crippen molar-refractivity contribution < 1.29 is 4.74 Å². The van der Waals surface area contributed by atoms with E-state index in [2.05, 4.69) is 27.1 Å². The predicted molar refractivity (Wildman–Crippen MR) is 97.8 cm³/mol. The molecule has 7 heteroatoms. The Labute approximate surface area is 148 Å². The van der Waals surface area contributed by atoms with Gasteiger partial charge in [0.15, 0.2) is 5.96 Å². The van der Waals surface area contributed by atoms with E-state index in [0.29, 0.717) is 18.2 Å². The number of nitrogens with zero attached hydrogens (tertiary/aromatic N) is 4. The minimum atomic E-state index is 0.573. The molecule has 24 heavy (non-hydrogen) atoms. The maximum Gasteiger partial charge on any atom is 0.193 e. The lowest BCUT2D eigenvalue weighted by Crippen LogP contribution is -2.41. The Kier molecular flexibility index (Phi) is 7.42. The van der Waals surface area contributed by atoms with E-state index in [1.807, 2.05) is 42.1 Å². The summed E-state index contributed by atoms with van der Waals surface area (Å²) in [6.07, 6.45) is 5.51. The van der Waals surface area contributed by atoms with Crippen LogP contribution in [0.2, 0.25) is 5.02 Å². The number of benzene rings is 1. The number of halogens is 1. The zero-order valence-corrected chi connectivity index (χ0v) is 14.9. The van der Waals surface area contributed by atoms with Crippen LogP contribution in [0.15, 0.2) is 48.0 Å². The van der Waals surface area contributed by atoms with Crippen molar-refractivity contribution in [2.75, 3.05) is 33.3 Å². The van der Waals surface area contributed by atoms with Gasteiger partial charge in [0.05, 0.1) is 19.4 Å². The lowest BCUT2D eigenvalue weighted by atomic mass is 10.3. The normalized spacial score (nSPS) is 11.4. The summed E-state index contributed by atoms with van der Waals surface area (Å²) in [5.41, 5.74) is 0. The molecule has 0 atom stereocenters. The first kappa shape index (κ1) is 18.1. The zero-order chi connectivity index (χ0) is 17.2. The Balaban J connectivity index is 1.79. The summed E-state index contributed by atoms with van der Waals surface area (Å²) in [5.74, 6) is 1.69. The maximum atomic E-state index is 5.86. The Hall–Kier alpha value is -2.21. The van der Waals surface area contributed by atoms with Crippen LogP contribution < -0.4 is 10.1 Å². The second kappa shape index (κ2) is 9.82. The summed E-state index contributed by atoms with van der Waals surface area (Å²) in [7, 11) is 2.00. The molecular formula is C17H24ClN5O. The lowest BCUT2D eigenvalue weighted by molar-refractivity contribution is 0.281. The van der Waals surface area contributed by atoms with Gasteiger partial charge in [0.2, 0.25) is 0 Å². The number of likely N-dealkylation sites (N-methyl/N-ethyl adjacent to an activating group) is 1. The van der Waals surface area contributed by atoms with E-state index in [-0.39, 0.29) is 0 Å².